The van der Waals surface area contributed by atoms with Crippen LogP contribution in [0.5, 0.6) is 0 Å². The fourth-order valence-electron chi connectivity index (χ4n) is 5.10. The first kappa shape index (κ1) is 12.8. The van der Waals surface area contributed by atoms with Crippen LogP contribution < -0.4 is 0 Å². The van der Waals surface area contributed by atoms with Gasteiger partial charge in [0.1, 0.15) is 0 Å². The molecule has 1 aromatic carbocycles. The smallest absolute Gasteiger partial charge is 0.0331 e. The van der Waals surface area contributed by atoms with E-state index < -0.39 is 0 Å². The van der Waals surface area contributed by atoms with Crippen molar-refractivity contribution in [1.29, 1.82) is 0 Å². The van der Waals surface area contributed by atoms with Gasteiger partial charge in [-0.15, -0.1) is 0 Å². The molecular weight excluding hydrogens is 260 g/mol. The van der Waals surface area contributed by atoms with Gasteiger partial charge in [0.15, 0.2) is 0 Å². The summed E-state index contributed by atoms with van der Waals surface area (Å²) in [6.07, 6.45) is 8.74. The Bertz CT molecular complexity index is 499. The minimum absolute atomic E-state index is 0.415. The molecule has 4 fully saturated rings. The van der Waals surface area contributed by atoms with E-state index in [4.69, 9.17) is 0 Å². The van der Waals surface area contributed by atoms with Crippen LogP contribution in [0.1, 0.15) is 44.1 Å². The zero-order valence-corrected chi connectivity index (χ0v) is 12.8. The zero-order chi connectivity index (χ0) is 13.4. The Morgan fingerprint density at radius 3 is 2.15 bits per heavy atom. The summed E-state index contributed by atoms with van der Waals surface area (Å²) in [5.74, 6) is 7.77. The Balaban J connectivity index is 1.41. The van der Waals surface area contributed by atoms with Gasteiger partial charge in [-0.1, -0.05) is 48.0 Å². The molecule has 4 saturated carbocycles. The van der Waals surface area contributed by atoms with Gasteiger partial charge in [-0.2, -0.15) is 0 Å². The van der Waals surface area contributed by atoms with Crippen LogP contribution in [0.15, 0.2) is 30.3 Å². The van der Waals surface area contributed by atoms with Crippen molar-refractivity contribution in [2.75, 3.05) is 0 Å². The van der Waals surface area contributed by atoms with Crippen molar-refractivity contribution in [3.05, 3.63) is 35.9 Å². The highest BCUT2D eigenvalue weighted by atomic mass is 32.2. The predicted molar refractivity (Wildman–Crippen MR) is 86.1 cm³/mol. The van der Waals surface area contributed by atoms with E-state index in [1.54, 1.807) is 11.8 Å². The fourth-order valence-corrected chi connectivity index (χ4v) is 5.82. The molecule has 20 heavy (non-hydrogen) atoms. The van der Waals surface area contributed by atoms with Crippen molar-refractivity contribution >= 4 is 11.8 Å². The Kier molecular flexibility index (Phi) is 3.31. The van der Waals surface area contributed by atoms with Crippen LogP contribution in [-0.2, 0) is 5.75 Å². The Labute approximate surface area is 126 Å². The summed E-state index contributed by atoms with van der Waals surface area (Å²) in [6.45, 7) is 0. The maximum Gasteiger partial charge on any atom is 0.0331 e. The average molecular weight is 282 g/mol. The summed E-state index contributed by atoms with van der Waals surface area (Å²) >= 11 is 1.79. The second kappa shape index (κ2) is 5.15. The normalized spacial score (nSPS) is 37.5. The molecule has 1 heteroatoms. The predicted octanol–water partition coefficient (Wildman–Crippen LogP) is 5.10. The number of hydrogen-bond donors (Lipinski definition) is 0. The Morgan fingerprint density at radius 1 is 0.950 bits per heavy atom. The number of thioether (sulfide) groups is 1. The molecule has 4 aliphatic carbocycles. The van der Waals surface area contributed by atoms with Gasteiger partial charge in [0.2, 0.25) is 0 Å². The molecule has 0 atom stereocenters. The Morgan fingerprint density at radius 2 is 1.55 bits per heavy atom. The molecule has 5 rings (SSSR count). The van der Waals surface area contributed by atoms with Crippen molar-refractivity contribution in [2.45, 2.75) is 44.3 Å². The van der Waals surface area contributed by atoms with E-state index in [1.807, 2.05) is 0 Å². The Hall–Kier alpha value is -0.870. The summed E-state index contributed by atoms with van der Waals surface area (Å²) in [6, 6.07) is 10.7. The van der Waals surface area contributed by atoms with E-state index >= 15 is 0 Å². The van der Waals surface area contributed by atoms with E-state index in [-0.39, 0.29) is 0 Å². The van der Waals surface area contributed by atoms with Crippen molar-refractivity contribution < 1.29 is 0 Å². The maximum absolute atomic E-state index is 3.71. The highest BCUT2D eigenvalue weighted by Crippen LogP contribution is 2.59. The highest BCUT2D eigenvalue weighted by Gasteiger charge is 2.50. The molecule has 0 saturated heterocycles. The molecule has 0 amide bonds. The number of rotatable bonds is 2. The van der Waals surface area contributed by atoms with Gasteiger partial charge in [-0.25, -0.2) is 0 Å². The first-order valence-corrected chi connectivity index (χ1v) is 8.98. The van der Waals surface area contributed by atoms with Crippen LogP contribution in [0.25, 0.3) is 0 Å². The summed E-state index contributed by atoms with van der Waals surface area (Å²) in [5, 5.41) is 3.46. The lowest BCUT2D eigenvalue weighted by Crippen LogP contribution is -2.45. The summed E-state index contributed by atoms with van der Waals surface area (Å²) in [4.78, 5) is 0. The molecule has 0 nitrogen and oxygen atoms in total. The van der Waals surface area contributed by atoms with Crippen molar-refractivity contribution in [1.82, 2.24) is 0 Å². The molecule has 0 radical (unpaired) electrons. The number of benzene rings is 1. The topological polar surface area (TPSA) is 0 Å². The standard InChI is InChI=1S/C19H22S/c1-2-4-15(5-3-1)14-20-7-6-19-11-16-8-17(12-19)10-18(9-16)13-19/h1-5,16-18H,8-14H2. The molecule has 0 N–H and O–H groups in total. The van der Waals surface area contributed by atoms with Crippen molar-refractivity contribution in [2.24, 2.45) is 23.2 Å². The van der Waals surface area contributed by atoms with Gasteiger partial charge in [0.05, 0.1) is 0 Å². The first-order valence-electron chi connectivity index (χ1n) is 7.99. The molecular formula is C19H22S. The molecule has 0 aliphatic heterocycles. The second-order valence-electron chi connectivity index (χ2n) is 7.20. The lowest BCUT2D eigenvalue weighted by molar-refractivity contribution is -0.0180. The van der Waals surface area contributed by atoms with Crippen molar-refractivity contribution in [3.63, 3.8) is 0 Å². The second-order valence-corrected chi connectivity index (χ2v) is 7.98. The molecule has 4 aliphatic rings. The third-order valence-electron chi connectivity index (χ3n) is 5.51. The van der Waals surface area contributed by atoms with Gasteiger partial charge in [-0.05, 0) is 67.1 Å². The van der Waals surface area contributed by atoms with Crippen LogP contribution in [-0.4, -0.2) is 0 Å². The van der Waals surface area contributed by atoms with E-state index in [1.165, 1.54) is 44.1 Å². The quantitative estimate of drug-likeness (QED) is 0.680. The molecule has 4 bridgehead atoms. The van der Waals surface area contributed by atoms with Gasteiger partial charge in [0, 0.05) is 11.2 Å². The van der Waals surface area contributed by atoms with Gasteiger partial charge in [0.25, 0.3) is 0 Å². The molecule has 0 spiro atoms. The van der Waals surface area contributed by atoms with Crippen LogP contribution in [0.4, 0.5) is 0 Å². The molecule has 0 heterocycles. The fraction of sp³-hybridized carbons (Fsp3) is 0.579. The molecule has 0 aromatic heterocycles. The van der Waals surface area contributed by atoms with Crippen molar-refractivity contribution in [3.8, 4) is 11.2 Å². The van der Waals surface area contributed by atoms with E-state index in [2.05, 4.69) is 41.5 Å². The zero-order valence-electron chi connectivity index (χ0n) is 12.0. The van der Waals surface area contributed by atoms with E-state index in [9.17, 15) is 0 Å². The lowest BCUT2D eigenvalue weighted by Gasteiger charge is -2.54. The van der Waals surface area contributed by atoms with Gasteiger partial charge in [-0.3, -0.25) is 0 Å². The molecule has 0 unspecified atom stereocenters. The first-order chi connectivity index (χ1) is 9.81. The summed E-state index contributed by atoms with van der Waals surface area (Å²) in [5.41, 5.74) is 1.80. The average Bonchev–Trinajstić information content (AvgIpc) is 2.43. The molecule has 1 aromatic rings. The van der Waals surface area contributed by atoms with Gasteiger partial charge < -0.3 is 0 Å². The largest absolute Gasteiger partial charge is 0.0844 e. The SMILES string of the molecule is C(#CC12CC3CC(CC(C3)C1)C2)SCc1ccccc1. The minimum atomic E-state index is 0.415. The van der Waals surface area contributed by atoms with E-state index in [0.717, 1.165) is 23.5 Å². The van der Waals surface area contributed by atoms with E-state index in [0.29, 0.717) is 5.41 Å². The highest BCUT2D eigenvalue weighted by molar-refractivity contribution is 8.03. The maximum atomic E-state index is 3.71. The number of hydrogen-bond acceptors (Lipinski definition) is 1. The third kappa shape index (κ3) is 2.51. The van der Waals surface area contributed by atoms with Crippen LogP contribution in [0.3, 0.4) is 0 Å². The van der Waals surface area contributed by atoms with Crippen LogP contribution in [0.2, 0.25) is 0 Å². The van der Waals surface area contributed by atoms with Crippen LogP contribution in [0, 0.1) is 34.3 Å². The summed E-state index contributed by atoms with van der Waals surface area (Å²) < 4.78 is 0. The summed E-state index contributed by atoms with van der Waals surface area (Å²) in [7, 11) is 0. The third-order valence-corrected chi connectivity index (χ3v) is 6.23. The minimum Gasteiger partial charge on any atom is -0.0844 e. The monoisotopic (exact) mass is 282 g/mol. The van der Waals surface area contributed by atoms with Gasteiger partial charge >= 0.3 is 0 Å². The van der Waals surface area contributed by atoms with Crippen LogP contribution >= 0.6 is 11.8 Å². The molecule has 104 valence electrons. The lowest BCUT2D eigenvalue weighted by atomic mass is 9.50.